The summed E-state index contributed by atoms with van der Waals surface area (Å²) in [5, 5.41) is 3.87. The molecule has 0 spiro atoms. The molecule has 1 unspecified atom stereocenters. The zero-order valence-electron chi connectivity index (χ0n) is 18.8. The summed E-state index contributed by atoms with van der Waals surface area (Å²) in [6, 6.07) is 4.95. The lowest BCUT2D eigenvalue weighted by Gasteiger charge is -2.22. The average Bonchev–Trinajstić information content (AvgIpc) is 2.84. The fourth-order valence-electron chi connectivity index (χ4n) is 3.66. The number of pyridine rings is 1. The van der Waals surface area contributed by atoms with Gasteiger partial charge in [0.2, 0.25) is 11.8 Å². The van der Waals surface area contributed by atoms with Crippen molar-refractivity contribution in [2.24, 2.45) is 0 Å². The summed E-state index contributed by atoms with van der Waals surface area (Å²) < 4.78 is 42.7. The summed E-state index contributed by atoms with van der Waals surface area (Å²) >= 11 is 6.03. The number of hydrogen-bond acceptors (Lipinski definition) is 7. The molecule has 0 aliphatic heterocycles. The first-order chi connectivity index (χ1) is 16.3. The molecule has 3 aromatic rings. The first-order valence-electron chi connectivity index (χ1n) is 10.2. The largest absolute Gasteiger partial charge is 0.496 e. The number of hydrogen-bond donors (Lipinski definition) is 2. The van der Waals surface area contributed by atoms with Crippen LogP contribution in [-0.2, 0) is 9.71 Å². The summed E-state index contributed by atoms with van der Waals surface area (Å²) in [5.74, 6) is 4.24. The van der Waals surface area contributed by atoms with E-state index in [1.165, 1.54) is 26.5 Å². The number of aromatic nitrogens is 3. The van der Waals surface area contributed by atoms with E-state index in [1.807, 2.05) is 0 Å². The van der Waals surface area contributed by atoms with E-state index in [0.29, 0.717) is 41.2 Å². The standard InChI is InChI=1S/C23H23ClFN5O3S/c1-26-23-28-11-13-8-16(19(32-2)10-18(13)29-23)15-6-5-7-17(21(15)25)30-34(4,31)20-9-14(24)12-27-22(20)33-3/h6,8-12H,4-5,7H2,1-3H3,(H,30,31)(H,26,28,29). The third-order valence-corrected chi connectivity index (χ3v) is 7.07. The first kappa shape index (κ1) is 23.8. The molecular weight excluding hydrogens is 481 g/mol. The molecule has 2 heterocycles. The van der Waals surface area contributed by atoms with Gasteiger partial charge in [0.15, 0.2) is 5.83 Å². The van der Waals surface area contributed by atoms with Gasteiger partial charge in [0.1, 0.15) is 10.6 Å². The lowest BCUT2D eigenvalue weighted by molar-refractivity contribution is 0.386. The SMILES string of the molecule is C=S(=O)(NC1=C(F)C(c2cc3cnc(NC)nc3cc2OC)=CCC1)c1cc(Cl)cnc1OC. The van der Waals surface area contributed by atoms with Crippen molar-refractivity contribution in [3.63, 3.8) is 0 Å². The Bertz CT molecular complexity index is 1440. The van der Waals surface area contributed by atoms with Crippen molar-refractivity contribution < 1.29 is 18.1 Å². The minimum Gasteiger partial charge on any atom is -0.496 e. The molecule has 34 heavy (non-hydrogen) atoms. The normalized spacial score (nSPS) is 15.5. The van der Waals surface area contributed by atoms with Crippen LogP contribution >= 0.6 is 11.6 Å². The smallest absolute Gasteiger partial charge is 0.230 e. The van der Waals surface area contributed by atoms with Crippen LogP contribution in [-0.4, -0.2) is 46.3 Å². The Labute approximate surface area is 202 Å². The first-order valence-corrected chi connectivity index (χ1v) is 12.3. The molecule has 1 aromatic carbocycles. The van der Waals surface area contributed by atoms with E-state index in [9.17, 15) is 4.21 Å². The molecule has 178 valence electrons. The summed E-state index contributed by atoms with van der Waals surface area (Å²) in [6.07, 6.45) is 5.63. The van der Waals surface area contributed by atoms with Crippen LogP contribution in [0.25, 0.3) is 16.5 Å². The Morgan fingerprint density at radius 3 is 2.68 bits per heavy atom. The van der Waals surface area contributed by atoms with Gasteiger partial charge in [-0.25, -0.2) is 23.6 Å². The predicted octanol–water partition coefficient (Wildman–Crippen LogP) is 4.38. The molecular formula is C23H23ClFN5O3S. The molecule has 1 aliphatic rings. The zero-order valence-corrected chi connectivity index (χ0v) is 20.4. The third kappa shape index (κ3) is 4.51. The number of nitrogens with one attached hydrogen (secondary N) is 2. The van der Waals surface area contributed by atoms with Gasteiger partial charge in [-0.1, -0.05) is 17.7 Å². The number of halogens is 2. The molecule has 11 heteroatoms. The monoisotopic (exact) mass is 503 g/mol. The Morgan fingerprint density at radius 1 is 1.18 bits per heavy atom. The van der Waals surface area contributed by atoms with Gasteiger partial charge in [0.05, 0.1) is 40.2 Å². The fourth-order valence-corrected chi connectivity index (χ4v) is 5.32. The summed E-state index contributed by atoms with van der Waals surface area (Å²) in [6.45, 7) is 0. The highest BCUT2D eigenvalue weighted by atomic mass is 35.5. The van der Waals surface area contributed by atoms with Crippen LogP contribution in [0, 0.1) is 0 Å². The van der Waals surface area contributed by atoms with E-state index < -0.39 is 15.5 Å². The van der Waals surface area contributed by atoms with Crippen molar-refractivity contribution in [2.75, 3.05) is 26.6 Å². The highest BCUT2D eigenvalue weighted by molar-refractivity contribution is 7.98. The second-order valence-electron chi connectivity index (χ2n) is 7.44. The van der Waals surface area contributed by atoms with Crippen molar-refractivity contribution in [3.8, 4) is 11.6 Å². The van der Waals surface area contributed by atoms with Gasteiger partial charge in [0.25, 0.3) is 0 Å². The maximum absolute atomic E-state index is 15.8. The Morgan fingerprint density at radius 2 is 1.97 bits per heavy atom. The van der Waals surface area contributed by atoms with Crippen molar-refractivity contribution in [1.82, 2.24) is 19.7 Å². The van der Waals surface area contributed by atoms with Crippen LogP contribution in [0.4, 0.5) is 10.3 Å². The highest BCUT2D eigenvalue weighted by Crippen LogP contribution is 2.39. The van der Waals surface area contributed by atoms with Crippen LogP contribution in [0.2, 0.25) is 5.02 Å². The van der Waals surface area contributed by atoms with Crippen LogP contribution < -0.4 is 19.5 Å². The molecule has 0 fully saturated rings. The van der Waals surface area contributed by atoms with Gasteiger partial charge in [-0.2, -0.15) is 0 Å². The molecule has 1 atom stereocenters. The fraction of sp³-hybridized carbons (Fsp3) is 0.217. The molecule has 0 bridgehead atoms. The molecule has 2 N–H and O–H groups in total. The second-order valence-corrected chi connectivity index (χ2v) is 9.87. The quantitative estimate of drug-likeness (QED) is 0.462. The minimum absolute atomic E-state index is 0.0987. The number of methoxy groups -OCH3 is 2. The number of rotatable bonds is 7. The van der Waals surface area contributed by atoms with Gasteiger partial charge in [-0.3, -0.25) is 0 Å². The topological polar surface area (TPSA) is 98.3 Å². The number of anilines is 1. The lowest BCUT2D eigenvalue weighted by Crippen LogP contribution is -2.25. The molecule has 1 aliphatic carbocycles. The summed E-state index contributed by atoms with van der Waals surface area (Å²) in [7, 11) is 1.40. The van der Waals surface area contributed by atoms with Crippen molar-refractivity contribution in [2.45, 2.75) is 17.7 Å². The number of benzene rings is 1. The van der Waals surface area contributed by atoms with E-state index in [1.54, 1.807) is 31.5 Å². The summed E-state index contributed by atoms with van der Waals surface area (Å²) in [5.41, 5.74) is 1.66. The van der Waals surface area contributed by atoms with Crippen molar-refractivity contribution in [1.29, 1.82) is 0 Å². The van der Waals surface area contributed by atoms with E-state index in [-0.39, 0.29) is 21.5 Å². The molecule has 2 aromatic heterocycles. The average molecular weight is 504 g/mol. The van der Waals surface area contributed by atoms with E-state index in [0.717, 1.165) is 5.39 Å². The van der Waals surface area contributed by atoms with Gasteiger partial charge in [-0.15, -0.1) is 0 Å². The Balaban J connectivity index is 1.75. The number of allylic oxidation sites excluding steroid dienone is 4. The predicted molar refractivity (Wildman–Crippen MR) is 133 cm³/mol. The molecule has 4 rings (SSSR count). The summed E-state index contributed by atoms with van der Waals surface area (Å²) in [4.78, 5) is 12.8. The maximum Gasteiger partial charge on any atom is 0.230 e. The highest BCUT2D eigenvalue weighted by Gasteiger charge is 2.25. The number of fused-ring (bicyclic) bond motifs is 1. The zero-order chi connectivity index (χ0) is 24.5. The van der Waals surface area contributed by atoms with Gasteiger partial charge < -0.3 is 19.5 Å². The molecule has 0 amide bonds. The van der Waals surface area contributed by atoms with E-state index in [2.05, 4.69) is 30.9 Å². The molecule has 8 nitrogen and oxygen atoms in total. The van der Waals surface area contributed by atoms with Gasteiger partial charge >= 0.3 is 0 Å². The van der Waals surface area contributed by atoms with E-state index >= 15 is 4.39 Å². The molecule has 0 radical (unpaired) electrons. The number of nitrogens with zero attached hydrogens (tertiary/aromatic N) is 3. The van der Waals surface area contributed by atoms with Crippen LogP contribution in [0.15, 0.2) is 53.1 Å². The van der Waals surface area contributed by atoms with Crippen LogP contribution in [0.3, 0.4) is 0 Å². The lowest BCUT2D eigenvalue weighted by atomic mass is 9.95. The molecule has 0 saturated heterocycles. The Kier molecular flexibility index (Phi) is 6.63. The van der Waals surface area contributed by atoms with Gasteiger partial charge in [0, 0.05) is 42.0 Å². The Hall–Kier alpha value is -3.37. The molecule has 0 saturated carbocycles. The van der Waals surface area contributed by atoms with Crippen LogP contribution in [0.1, 0.15) is 18.4 Å². The van der Waals surface area contributed by atoms with Gasteiger partial charge in [-0.05, 0) is 30.8 Å². The maximum atomic E-state index is 15.8. The van der Waals surface area contributed by atoms with Crippen molar-refractivity contribution >= 4 is 49.6 Å². The third-order valence-electron chi connectivity index (χ3n) is 5.28. The second kappa shape index (κ2) is 9.47. The van der Waals surface area contributed by atoms with E-state index in [4.69, 9.17) is 21.1 Å². The van der Waals surface area contributed by atoms with Crippen molar-refractivity contribution in [3.05, 3.63) is 58.8 Å². The number of ether oxygens (including phenoxy) is 2. The van der Waals surface area contributed by atoms with Crippen LogP contribution in [0.5, 0.6) is 11.6 Å². The minimum atomic E-state index is -3.23.